The van der Waals surface area contributed by atoms with Gasteiger partial charge in [0.25, 0.3) is 0 Å². The topological polar surface area (TPSA) is 63.5 Å². The highest BCUT2D eigenvalue weighted by Crippen LogP contribution is 2.46. The summed E-state index contributed by atoms with van der Waals surface area (Å²) in [5.74, 6) is 0.472. The molecular weight excluding hydrogens is 520 g/mol. The number of amidine groups is 1. The molecule has 4 aliphatic heterocycles. The Bertz CT molecular complexity index is 1280. The lowest BCUT2D eigenvalue weighted by atomic mass is 9.90. The van der Waals surface area contributed by atoms with E-state index in [1.807, 2.05) is 6.08 Å². The molecule has 6 nitrogen and oxygen atoms in total. The van der Waals surface area contributed by atoms with Crippen molar-refractivity contribution in [2.24, 2.45) is 15.9 Å². The third-order valence-corrected chi connectivity index (χ3v) is 7.96. The monoisotopic (exact) mass is 545 g/mol. The Morgan fingerprint density at radius 1 is 1.38 bits per heavy atom. The molecule has 0 radical (unpaired) electrons. The maximum Gasteiger partial charge on any atom is 0.507 e. The molecular formula is C27H26ClF2N3O3S. The van der Waals surface area contributed by atoms with Crippen LogP contribution >= 0.6 is 23.4 Å². The summed E-state index contributed by atoms with van der Waals surface area (Å²) >= 11 is 8.26. The van der Waals surface area contributed by atoms with Gasteiger partial charge in [-0.2, -0.15) is 0 Å². The number of thioether (sulfide) groups is 1. The van der Waals surface area contributed by atoms with Crippen LogP contribution in [0.5, 0.6) is 0 Å². The standard InChI is InChI=1S/C27H26ClF2N3O3S/c1-15(29)10-18-6-8-21(31-18)24-22-11-16(14-36-27(34)35-2)13-33(22)26(23-4-3-9-37-23)32-25(24)19-7-5-17(30)12-20(19)28/h3,5-10,12,15-16,23,25H,4,11,13-14H2,1-2H3/b18-10-/t15-,16?,23?,25+/m1/s1. The molecule has 0 aliphatic carbocycles. The average molecular weight is 546 g/mol. The van der Waals surface area contributed by atoms with Crippen LogP contribution in [-0.4, -0.2) is 54.3 Å². The number of aliphatic imine (C=N–C) groups is 2. The van der Waals surface area contributed by atoms with Crippen molar-refractivity contribution < 1.29 is 23.0 Å². The van der Waals surface area contributed by atoms with E-state index in [2.05, 4.69) is 21.1 Å². The van der Waals surface area contributed by atoms with Gasteiger partial charge in [-0.05, 0) is 55.5 Å². The summed E-state index contributed by atoms with van der Waals surface area (Å²) in [7, 11) is 1.28. The second-order valence-electron chi connectivity index (χ2n) is 9.19. The van der Waals surface area contributed by atoms with Crippen LogP contribution in [0.3, 0.4) is 0 Å². The van der Waals surface area contributed by atoms with E-state index in [0.29, 0.717) is 29.9 Å². The number of methoxy groups -OCH3 is 1. The van der Waals surface area contributed by atoms with Crippen molar-refractivity contribution in [2.45, 2.75) is 37.2 Å². The Morgan fingerprint density at radius 3 is 2.92 bits per heavy atom. The van der Waals surface area contributed by atoms with Crippen LogP contribution in [0.1, 0.15) is 31.4 Å². The number of ether oxygens (including phenoxy) is 2. The lowest BCUT2D eigenvalue weighted by molar-refractivity contribution is 0.0615. The van der Waals surface area contributed by atoms with Gasteiger partial charge in [0.05, 0.1) is 30.4 Å². The van der Waals surface area contributed by atoms with Crippen LogP contribution in [-0.2, 0) is 9.47 Å². The SMILES string of the molecule is COC(=O)OCC1CC2=C(C3=N/C(=C\[C@@H](C)F)C=C3)[C@H](c3ccc(F)cc3Cl)N=C(C3CC=CS3)N2C1. The first-order chi connectivity index (χ1) is 17.8. The van der Waals surface area contributed by atoms with Crippen molar-refractivity contribution in [1.29, 1.82) is 0 Å². The normalized spacial score (nSPS) is 26.5. The second-order valence-corrected chi connectivity index (χ2v) is 10.7. The highest BCUT2D eigenvalue weighted by Gasteiger charge is 2.42. The quantitative estimate of drug-likeness (QED) is 0.379. The first-order valence-corrected chi connectivity index (χ1v) is 13.3. The Labute approximate surface area is 223 Å². The minimum atomic E-state index is -1.14. The number of halogens is 3. The summed E-state index contributed by atoms with van der Waals surface area (Å²) in [6, 6.07) is 3.80. The van der Waals surface area contributed by atoms with Crippen molar-refractivity contribution in [3.8, 4) is 0 Å². The number of carbonyl (C=O) groups excluding carboxylic acids is 1. The van der Waals surface area contributed by atoms with Gasteiger partial charge in [-0.25, -0.2) is 18.6 Å². The number of allylic oxidation sites excluding steroid dienone is 5. The van der Waals surface area contributed by atoms with E-state index in [0.717, 1.165) is 23.5 Å². The predicted molar refractivity (Wildman–Crippen MR) is 142 cm³/mol. The molecule has 10 heteroatoms. The van der Waals surface area contributed by atoms with Gasteiger partial charge >= 0.3 is 6.16 Å². The number of hydrogen-bond acceptors (Lipinski definition) is 7. The molecule has 4 atom stereocenters. The molecule has 1 fully saturated rings. The maximum atomic E-state index is 14.0. The average Bonchev–Trinajstić information content (AvgIpc) is 3.62. The third-order valence-electron chi connectivity index (χ3n) is 6.55. The number of rotatable bonds is 6. The van der Waals surface area contributed by atoms with Gasteiger partial charge < -0.3 is 14.4 Å². The number of carbonyl (C=O) groups is 1. The fraction of sp³-hybridized carbons (Fsp3) is 0.370. The minimum Gasteiger partial charge on any atom is -0.438 e. The van der Waals surface area contributed by atoms with Crippen LogP contribution in [0, 0.1) is 11.7 Å². The molecule has 4 aliphatic rings. The molecule has 194 valence electrons. The van der Waals surface area contributed by atoms with Gasteiger partial charge in [-0.1, -0.05) is 23.7 Å². The lowest BCUT2D eigenvalue weighted by Gasteiger charge is -2.35. The molecule has 5 rings (SSSR count). The molecule has 1 aromatic carbocycles. The first kappa shape index (κ1) is 25.7. The Kier molecular flexibility index (Phi) is 7.53. The molecule has 0 N–H and O–H groups in total. The smallest absolute Gasteiger partial charge is 0.438 e. The minimum absolute atomic E-state index is 0.00274. The second kappa shape index (κ2) is 10.8. The van der Waals surface area contributed by atoms with Crippen LogP contribution in [0.25, 0.3) is 0 Å². The number of alkyl halides is 1. The van der Waals surface area contributed by atoms with E-state index in [4.69, 9.17) is 26.3 Å². The molecule has 0 amide bonds. The number of fused-ring (bicyclic) bond motifs is 1. The van der Waals surface area contributed by atoms with E-state index in [1.165, 1.54) is 32.2 Å². The zero-order chi connectivity index (χ0) is 26.1. The van der Waals surface area contributed by atoms with Gasteiger partial charge in [0.15, 0.2) is 0 Å². The van der Waals surface area contributed by atoms with Gasteiger partial charge in [-0.15, -0.1) is 11.8 Å². The number of nitrogens with zero attached hydrogens (tertiary/aromatic N) is 3. The fourth-order valence-electron chi connectivity index (χ4n) is 4.99. The molecule has 37 heavy (non-hydrogen) atoms. The Hall–Kier alpha value is -2.91. The van der Waals surface area contributed by atoms with E-state index in [1.54, 1.807) is 23.9 Å². The summed E-state index contributed by atoms with van der Waals surface area (Å²) in [4.78, 5) is 23.7. The van der Waals surface area contributed by atoms with Crippen molar-refractivity contribution in [3.63, 3.8) is 0 Å². The summed E-state index contributed by atoms with van der Waals surface area (Å²) in [5, 5.41) is 2.46. The molecule has 1 saturated heterocycles. The predicted octanol–water partition coefficient (Wildman–Crippen LogP) is 6.56. The van der Waals surface area contributed by atoms with Gasteiger partial charge in [0.1, 0.15) is 23.9 Å². The van der Waals surface area contributed by atoms with Gasteiger partial charge in [-0.3, -0.25) is 4.99 Å². The summed E-state index contributed by atoms with van der Waals surface area (Å²) in [5.41, 5.74) is 3.69. The van der Waals surface area contributed by atoms with Gasteiger partial charge in [0.2, 0.25) is 0 Å². The summed E-state index contributed by atoms with van der Waals surface area (Å²) in [6.45, 7) is 2.25. The summed E-state index contributed by atoms with van der Waals surface area (Å²) < 4.78 is 37.6. The molecule has 0 bridgehead atoms. The molecule has 0 spiro atoms. The van der Waals surface area contributed by atoms with Crippen LogP contribution in [0.15, 0.2) is 74.9 Å². The van der Waals surface area contributed by atoms with Crippen molar-refractivity contribution >= 4 is 41.1 Å². The van der Waals surface area contributed by atoms with Crippen LogP contribution in [0.2, 0.25) is 5.02 Å². The zero-order valence-corrected chi connectivity index (χ0v) is 21.9. The van der Waals surface area contributed by atoms with E-state index >= 15 is 0 Å². The van der Waals surface area contributed by atoms with E-state index in [-0.39, 0.29) is 22.8 Å². The molecule has 0 aromatic heterocycles. The van der Waals surface area contributed by atoms with Crippen molar-refractivity contribution in [1.82, 2.24) is 4.90 Å². The zero-order valence-electron chi connectivity index (χ0n) is 20.4. The highest BCUT2D eigenvalue weighted by molar-refractivity contribution is 8.03. The number of benzene rings is 1. The lowest BCUT2D eigenvalue weighted by Crippen LogP contribution is -2.39. The van der Waals surface area contributed by atoms with E-state index < -0.39 is 24.2 Å². The maximum absolute atomic E-state index is 14.0. The summed E-state index contributed by atoms with van der Waals surface area (Å²) in [6.07, 6.45) is 6.76. The van der Waals surface area contributed by atoms with Gasteiger partial charge in [0, 0.05) is 34.3 Å². The third kappa shape index (κ3) is 5.38. The Morgan fingerprint density at radius 2 is 2.22 bits per heavy atom. The first-order valence-electron chi connectivity index (χ1n) is 12.0. The molecule has 2 unspecified atom stereocenters. The highest BCUT2D eigenvalue weighted by atomic mass is 35.5. The van der Waals surface area contributed by atoms with Crippen molar-refractivity contribution in [2.75, 3.05) is 20.3 Å². The van der Waals surface area contributed by atoms with Crippen molar-refractivity contribution in [3.05, 3.63) is 81.3 Å². The Balaban J connectivity index is 1.62. The fourth-order valence-corrected chi connectivity index (χ4v) is 6.20. The molecule has 4 heterocycles. The molecule has 0 saturated carbocycles. The number of hydrogen-bond donors (Lipinski definition) is 0. The largest absolute Gasteiger partial charge is 0.507 e. The van der Waals surface area contributed by atoms with E-state index in [9.17, 15) is 13.6 Å². The molecule has 1 aromatic rings. The van der Waals surface area contributed by atoms with Crippen LogP contribution in [0.4, 0.5) is 13.6 Å². The van der Waals surface area contributed by atoms with Crippen LogP contribution < -0.4 is 0 Å².